The van der Waals surface area contributed by atoms with E-state index in [1.165, 1.54) is 36.8 Å². The SMILES string of the molecule is CCc1ccc(-c2cc(C(=O)NCCC3=CCCCC3)c3ccccc3n2)cc1. The number of fused-ring (bicyclic) bond motifs is 1. The number of amides is 1. The van der Waals surface area contributed by atoms with Crippen molar-refractivity contribution in [1.29, 1.82) is 0 Å². The average molecular weight is 385 g/mol. The third-order valence-corrected chi connectivity index (χ3v) is 5.74. The van der Waals surface area contributed by atoms with E-state index < -0.39 is 0 Å². The first-order chi connectivity index (χ1) is 14.2. The number of aryl methyl sites for hydroxylation is 1. The van der Waals surface area contributed by atoms with Crippen LogP contribution in [-0.4, -0.2) is 17.4 Å². The molecule has 0 saturated carbocycles. The Balaban J connectivity index is 1.59. The summed E-state index contributed by atoms with van der Waals surface area (Å²) in [6.45, 7) is 2.83. The zero-order valence-electron chi connectivity index (χ0n) is 17.1. The molecule has 0 spiro atoms. The standard InChI is InChI=1S/C26H28N2O/c1-2-19-12-14-21(15-13-19)25-18-23(22-10-6-7-11-24(22)28-25)26(29)27-17-16-20-8-4-3-5-9-20/h6-8,10-15,18H,2-5,9,16-17H2,1H3,(H,27,29). The largest absolute Gasteiger partial charge is 0.352 e. The molecule has 0 saturated heterocycles. The summed E-state index contributed by atoms with van der Waals surface area (Å²) in [7, 11) is 0. The molecule has 2 aromatic carbocycles. The molecule has 1 aliphatic carbocycles. The number of nitrogens with zero attached hydrogens (tertiary/aromatic N) is 1. The smallest absolute Gasteiger partial charge is 0.252 e. The van der Waals surface area contributed by atoms with Gasteiger partial charge < -0.3 is 5.32 Å². The van der Waals surface area contributed by atoms with E-state index in [2.05, 4.69) is 42.6 Å². The van der Waals surface area contributed by atoms with E-state index >= 15 is 0 Å². The lowest BCUT2D eigenvalue weighted by Crippen LogP contribution is -2.25. The van der Waals surface area contributed by atoms with Gasteiger partial charge in [-0.05, 0) is 56.2 Å². The predicted molar refractivity (Wildman–Crippen MR) is 120 cm³/mol. The molecule has 0 fully saturated rings. The molecule has 1 N–H and O–H groups in total. The first-order valence-corrected chi connectivity index (χ1v) is 10.7. The minimum absolute atomic E-state index is 0.0218. The van der Waals surface area contributed by atoms with Crippen molar-refractivity contribution in [2.24, 2.45) is 0 Å². The van der Waals surface area contributed by atoms with Crippen molar-refractivity contribution >= 4 is 16.8 Å². The molecule has 1 aliphatic rings. The van der Waals surface area contributed by atoms with Gasteiger partial charge in [0.2, 0.25) is 0 Å². The molecule has 29 heavy (non-hydrogen) atoms. The van der Waals surface area contributed by atoms with E-state index in [4.69, 9.17) is 4.98 Å². The van der Waals surface area contributed by atoms with E-state index in [0.29, 0.717) is 12.1 Å². The molecule has 1 aromatic heterocycles. The number of hydrogen-bond donors (Lipinski definition) is 1. The third kappa shape index (κ3) is 4.56. The lowest BCUT2D eigenvalue weighted by atomic mass is 9.97. The molecule has 0 aliphatic heterocycles. The van der Waals surface area contributed by atoms with Gasteiger partial charge in [0, 0.05) is 17.5 Å². The van der Waals surface area contributed by atoms with Crippen LogP contribution in [0.15, 0.2) is 66.2 Å². The topological polar surface area (TPSA) is 42.0 Å². The summed E-state index contributed by atoms with van der Waals surface area (Å²) in [6, 6.07) is 18.3. The molecular weight excluding hydrogens is 356 g/mol. The van der Waals surface area contributed by atoms with Gasteiger partial charge in [0.15, 0.2) is 0 Å². The van der Waals surface area contributed by atoms with Crippen molar-refractivity contribution in [2.75, 3.05) is 6.54 Å². The van der Waals surface area contributed by atoms with Gasteiger partial charge in [-0.1, -0.05) is 61.0 Å². The van der Waals surface area contributed by atoms with Crippen molar-refractivity contribution in [1.82, 2.24) is 10.3 Å². The Morgan fingerprint density at radius 2 is 1.90 bits per heavy atom. The van der Waals surface area contributed by atoms with Crippen LogP contribution in [0.2, 0.25) is 0 Å². The number of rotatable bonds is 6. The Labute approximate surface area is 172 Å². The summed E-state index contributed by atoms with van der Waals surface area (Å²) >= 11 is 0. The van der Waals surface area contributed by atoms with E-state index in [1.807, 2.05) is 30.3 Å². The van der Waals surface area contributed by atoms with Gasteiger partial charge in [0.25, 0.3) is 5.91 Å². The molecule has 0 unspecified atom stereocenters. The first kappa shape index (κ1) is 19.4. The molecule has 3 nitrogen and oxygen atoms in total. The molecule has 0 bridgehead atoms. The zero-order valence-corrected chi connectivity index (χ0v) is 17.1. The normalized spacial score (nSPS) is 13.9. The van der Waals surface area contributed by atoms with Crippen LogP contribution in [-0.2, 0) is 6.42 Å². The highest BCUT2D eigenvalue weighted by molar-refractivity contribution is 6.07. The van der Waals surface area contributed by atoms with Crippen LogP contribution in [0.5, 0.6) is 0 Å². The van der Waals surface area contributed by atoms with Crippen LogP contribution in [0, 0.1) is 0 Å². The number of aromatic nitrogens is 1. The first-order valence-electron chi connectivity index (χ1n) is 10.7. The van der Waals surface area contributed by atoms with Gasteiger partial charge in [0.05, 0.1) is 16.8 Å². The molecule has 0 atom stereocenters. The van der Waals surface area contributed by atoms with Gasteiger partial charge in [-0.3, -0.25) is 4.79 Å². The van der Waals surface area contributed by atoms with Crippen LogP contribution in [0.4, 0.5) is 0 Å². The molecule has 3 aromatic rings. The number of benzene rings is 2. The lowest BCUT2D eigenvalue weighted by Gasteiger charge is -2.14. The van der Waals surface area contributed by atoms with Gasteiger partial charge in [0.1, 0.15) is 0 Å². The Morgan fingerprint density at radius 1 is 1.07 bits per heavy atom. The van der Waals surface area contributed by atoms with Crippen LogP contribution < -0.4 is 5.32 Å². The van der Waals surface area contributed by atoms with Gasteiger partial charge in [-0.2, -0.15) is 0 Å². The Morgan fingerprint density at radius 3 is 2.66 bits per heavy atom. The molecular formula is C26H28N2O. The highest BCUT2D eigenvalue weighted by atomic mass is 16.1. The van der Waals surface area contributed by atoms with Crippen LogP contribution in [0.3, 0.4) is 0 Å². The summed E-state index contributed by atoms with van der Waals surface area (Å²) in [4.78, 5) is 17.8. The van der Waals surface area contributed by atoms with Crippen LogP contribution in [0.25, 0.3) is 22.2 Å². The van der Waals surface area contributed by atoms with E-state index in [1.54, 1.807) is 0 Å². The maximum Gasteiger partial charge on any atom is 0.252 e. The summed E-state index contributed by atoms with van der Waals surface area (Å²) in [6.07, 6.45) is 9.21. The number of hydrogen-bond acceptors (Lipinski definition) is 2. The van der Waals surface area contributed by atoms with Crippen molar-refractivity contribution in [3.8, 4) is 11.3 Å². The van der Waals surface area contributed by atoms with E-state index in [-0.39, 0.29) is 5.91 Å². The summed E-state index contributed by atoms with van der Waals surface area (Å²) in [5.41, 5.74) is 6.20. The Bertz CT molecular complexity index is 1030. The molecule has 0 radical (unpaired) electrons. The van der Waals surface area contributed by atoms with Crippen molar-refractivity contribution < 1.29 is 4.79 Å². The van der Waals surface area contributed by atoms with Crippen LogP contribution in [0.1, 0.15) is 54.9 Å². The number of carbonyl (C=O) groups is 1. The fourth-order valence-corrected chi connectivity index (χ4v) is 3.99. The van der Waals surface area contributed by atoms with Crippen molar-refractivity contribution in [2.45, 2.75) is 45.4 Å². The lowest BCUT2D eigenvalue weighted by molar-refractivity contribution is 0.0955. The highest BCUT2D eigenvalue weighted by Gasteiger charge is 2.14. The number of pyridine rings is 1. The summed E-state index contributed by atoms with van der Waals surface area (Å²) < 4.78 is 0. The summed E-state index contributed by atoms with van der Waals surface area (Å²) in [5.74, 6) is -0.0218. The number of allylic oxidation sites excluding steroid dienone is 1. The van der Waals surface area contributed by atoms with Crippen molar-refractivity contribution in [3.63, 3.8) is 0 Å². The van der Waals surface area contributed by atoms with Gasteiger partial charge in [-0.25, -0.2) is 4.98 Å². The monoisotopic (exact) mass is 384 g/mol. The fraction of sp³-hybridized carbons (Fsp3) is 0.308. The van der Waals surface area contributed by atoms with Gasteiger partial charge >= 0.3 is 0 Å². The van der Waals surface area contributed by atoms with E-state index in [9.17, 15) is 4.79 Å². The maximum absolute atomic E-state index is 13.0. The average Bonchev–Trinajstić information content (AvgIpc) is 2.79. The number of nitrogens with one attached hydrogen (secondary N) is 1. The Hall–Kier alpha value is -2.94. The second-order valence-electron chi connectivity index (χ2n) is 7.74. The molecule has 4 rings (SSSR count). The fourth-order valence-electron chi connectivity index (χ4n) is 3.99. The molecule has 1 heterocycles. The maximum atomic E-state index is 13.0. The summed E-state index contributed by atoms with van der Waals surface area (Å²) in [5, 5.41) is 4.03. The molecule has 148 valence electrons. The number of para-hydroxylation sites is 1. The quantitative estimate of drug-likeness (QED) is 0.523. The van der Waals surface area contributed by atoms with Crippen LogP contribution >= 0.6 is 0 Å². The second-order valence-corrected chi connectivity index (χ2v) is 7.74. The Kier molecular flexibility index (Phi) is 6.04. The minimum Gasteiger partial charge on any atom is -0.352 e. The zero-order chi connectivity index (χ0) is 20.1. The third-order valence-electron chi connectivity index (χ3n) is 5.74. The predicted octanol–water partition coefficient (Wildman–Crippen LogP) is 6.08. The van der Waals surface area contributed by atoms with Crippen molar-refractivity contribution in [3.05, 3.63) is 77.4 Å². The molecule has 3 heteroatoms. The second kappa shape index (κ2) is 9.04. The minimum atomic E-state index is -0.0218. The van der Waals surface area contributed by atoms with E-state index in [0.717, 1.165) is 35.0 Å². The van der Waals surface area contributed by atoms with Gasteiger partial charge in [-0.15, -0.1) is 0 Å². The number of carbonyl (C=O) groups excluding carboxylic acids is 1. The highest BCUT2D eigenvalue weighted by Crippen LogP contribution is 2.25. The molecule has 1 amide bonds.